The smallest absolute Gasteiger partial charge is 0.242 e. The van der Waals surface area contributed by atoms with Gasteiger partial charge in [-0.05, 0) is 36.4 Å². The van der Waals surface area contributed by atoms with E-state index in [1.54, 1.807) is 30.0 Å². The second kappa shape index (κ2) is 7.21. The molecule has 6 heteroatoms. The maximum absolute atomic E-state index is 12.4. The lowest BCUT2D eigenvalue weighted by molar-refractivity contribution is -0.132. The predicted octanol–water partition coefficient (Wildman–Crippen LogP) is 1.66. The van der Waals surface area contributed by atoms with Crippen LogP contribution < -0.4 is 9.64 Å². The standard InChI is InChI=1S/C18H21N3O3/c1-24-17-6-4-15(5-7-17)19-9-11-20(12-10-19)18(23)13-21-8-2-3-16(21)14-22/h2-8,14H,9-13H2,1H3. The highest BCUT2D eigenvalue weighted by Crippen LogP contribution is 2.20. The van der Waals surface area contributed by atoms with E-state index in [1.165, 1.54) is 0 Å². The maximum Gasteiger partial charge on any atom is 0.242 e. The molecule has 2 aromatic rings. The molecule has 0 unspecified atom stereocenters. The zero-order valence-corrected chi connectivity index (χ0v) is 13.7. The Kier molecular flexibility index (Phi) is 4.84. The number of piperazine rings is 1. The van der Waals surface area contributed by atoms with Crippen LogP contribution in [0.4, 0.5) is 5.69 Å². The van der Waals surface area contributed by atoms with Crippen molar-refractivity contribution in [3.8, 4) is 5.75 Å². The monoisotopic (exact) mass is 327 g/mol. The number of nitrogens with zero attached hydrogens (tertiary/aromatic N) is 3. The Morgan fingerprint density at radius 2 is 1.83 bits per heavy atom. The van der Waals surface area contributed by atoms with Gasteiger partial charge in [-0.2, -0.15) is 0 Å². The fourth-order valence-electron chi connectivity index (χ4n) is 2.93. The van der Waals surface area contributed by atoms with Crippen molar-refractivity contribution in [3.63, 3.8) is 0 Å². The van der Waals surface area contributed by atoms with Crippen molar-refractivity contribution in [1.82, 2.24) is 9.47 Å². The van der Waals surface area contributed by atoms with Crippen LogP contribution in [0.3, 0.4) is 0 Å². The zero-order valence-electron chi connectivity index (χ0n) is 13.7. The summed E-state index contributed by atoms with van der Waals surface area (Å²) in [6.07, 6.45) is 2.53. The number of carbonyl (C=O) groups is 2. The normalized spacial score (nSPS) is 14.5. The number of hydrogen-bond acceptors (Lipinski definition) is 4. The topological polar surface area (TPSA) is 54.8 Å². The molecule has 0 radical (unpaired) electrons. The van der Waals surface area contributed by atoms with Gasteiger partial charge in [0.15, 0.2) is 6.29 Å². The third-order valence-electron chi connectivity index (χ3n) is 4.36. The van der Waals surface area contributed by atoms with Crippen molar-refractivity contribution in [3.05, 3.63) is 48.3 Å². The van der Waals surface area contributed by atoms with Crippen molar-refractivity contribution in [2.24, 2.45) is 0 Å². The number of anilines is 1. The molecule has 1 aliphatic rings. The van der Waals surface area contributed by atoms with Gasteiger partial charge < -0.3 is 19.1 Å². The fraction of sp³-hybridized carbons (Fsp3) is 0.333. The molecule has 2 heterocycles. The highest BCUT2D eigenvalue weighted by atomic mass is 16.5. The second-order valence-corrected chi connectivity index (χ2v) is 5.74. The first-order chi connectivity index (χ1) is 11.7. The van der Waals surface area contributed by atoms with Crippen LogP contribution in [0.5, 0.6) is 5.75 Å². The number of rotatable bonds is 5. The summed E-state index contributed by atoms with van der Waals surface area (Å²) in [6.45, 7) is 3.17. The molecule has 0 spiro atoms. The van der Waals surface area contributed by atoms with Crippen LogP contribution in [-0.4, -0.2) is 54.9 Å². The molecule has 1 aromatic heterocycles. The van der Waals surface area contributed by atoms with Gasteiger partial charge >= 0.3 is 0 Å². The minimum absolute atomic E-state index is 0.0451. The van der Waals surface area contributed by atoms with Crippen molar-refractivity contribution in [1.29, 1.82) is 0 Å². The van der Waals surface area contributed by atoms with Crippen LogP contribution >= 0.6 is 0 Å². The Labute approximate surface area is 141 Å². The molecule has 1 fully saturated rings. The van der Waals surface area contributed by atoms with Crippen LogP contribution in [0.15, 0.2) is 42.6 Å². The predicted molar refractivity (Wildman–Crippen MR) is 91.6 cm³/mol. The van der Waals surface area contributed by atoms with E-state index in [4.69, 9.17) is 4.74 Å². The lowest BCUT2D eigenvalue weighted by Crippen LogP contribution is -2.49. The molecule has 0 atom stereocenters. The number of methoxy groups -OCH3 is 1. The minimum atomic E-state index is 0.0451. The minimum Gasteiger partial charge on any atom is -0.497 e. The van der Waals surface area contributed by atoms with Gasteiger partial charge in [-0.3, -0.25) is 9.59 Å². The Morgan fingerprint density at radius 1 is 1.12 bits per heavy atom. The second-order valence-electron chi connectivity index (χ2n) is 5.74. The van der Waals surface area contributed by atoms with Crippen molar-refractivity contribution >= 4 is 17.9 Å². The Balaban J connectivity index is 1.56. The Morgan fingerprint density at radius 3 is 2.46 bits per heavy atom. The summed E-state index contributed by atoms with van der Waals surface area (Å²) in [7, 11) is 1.65. The molecule has 1 amide bonds. The van der Waals surface area contributed by atoms with E-state index >= 15 is 0 Å². The summed E-state index contributed by atoms with van der Waals surface area (Å²) < 4.78 is 6.86. The van der Waals surface area contributed by atoms with E-state index in [1.807, 2.05) is 29.2 Å². The van der Waals surface area contributed by atoms with E-state index < -0.39 is 0 Å². The first-order valence-electron chi connectivity index (χ1n) is 7.98. The van der Waals surface area contributed by atoms with Crippen LogP contribution in [0.2, 0.25) is 0 Å². The number of amides is 1. The fourth-order valence-corrected chi connectivity index (χ4v) is 2.93. The number of aromatic nitrogens is 1. The molecule has 126 valence electrons. The van der Waals surface area contributed by atoms with Gasteiger partial charge in [-0.25, -0.2) is 0 Å². The van der Waals surface area contributed by atoms with Gasteiger partial charge in [0.1, 0.15) is 12.3 Å². The zero-order chi connectivity index (χ0) is 16.9. The van der Waals surface area contributed by atoms with E-state index in [0.29, 0.717) is 18.8 Å². The Hall–Kier alpha value is -2.76. The molecule has 1 saturated heterocycles. The molecule has 0 bridgehead atoms. The lowest BCUT2D eigenvalue weighted by atomic mass is 10.2. The maximum atomic E-state index is 12.4. The number of aldehydes is 1. The highest BCUT2D eigenvalue weighted by Gasteiger charge is 2.21. The molecule has 6 nitrogen and oxygen atoms in total. The van der Waals surface area contributed by atoms with Gasteiger partial charge in [0.25, 0.3) is 0 Å². The van der Waals surface area contributed by atoms with Crippen molar-refractivity contribution < 1.29 is 14.3 Å². The molecule has 24 heavy (non-hydrogen) atoms. The number of hydrogen-bond donors (Lipinski definition) is 0. The van der Waals surface area contributed by atoms with Gasteiger partial charge in [0.05, 0.1) is 12.8 Å². The summed E-state index contributed by atoms with van der Waals surface area (Å²) >= 11 is 0. The molecule has 0 aliphatic carbocycles. The molecular formula is C18H21N3O3. The molecule has 0 N–H and O–H groups in total. The van der Waals surface area contributed by atoms with E-state index in [-0.39, 0.29) is 12.5 Å². The average molecular weight is 327 g/mol. The van der Waals surface area contributed by atoms with E-state index in [9.17, 15) is 9.59 Å². The van der Waals surface area contributed by atoms with Gasteiger partial charge in [-0.1, -0.05) is 0 Å². The van der Waals surface area contributed by atoms with Gasteiger partial charge in [-0.15, -0.1) is 0 Å². The van der Waals surface area contributed by atoms with Crippen LogP contribution in [-0.2, 0) is 11.3 Å². The molecule has 1 aromatic carbocycles. The van der Waals surface area contributed by atoms with Crippen molar-refractivity contribution in [2.45, 2.75) is 6.54 Å². The molecule has 1 aliphatic heterocycles. The average Bonchev–Trinajstić information content (AvgIpc) is 3.09. The largest absolute Gasteiger partial charge is 0.497 e. The highest BCUT2D eigenvalue weighted by molar-refractivity contribution is 5.78. The summed E-state index contributed by atoms with van der Waals surface area (Å²) in [5.41, 5.74) is 1.66. The van der Waals surface area contributed by atoms with Crippen molar-refractivity contribution in [2.75, 3.05) is 38.2 Å². The van der Waals surface area contributed by atoms with Crippen LogP contribution in [0.25, 0.3) is 0 Å². The first kappa shape index (κ1) is 16.1. The number of ether oxygens (including phenoxy) is 1. The molecule has 0 saturated carbocycles. The third kappa shape index (κ3) is 3.42. The lowest BCUT2D eigenvalue weighted by Gasteiger charge is -2.36. The van der Waals surface area contributed by atoms with Crippen LogP contribution in [0.1, 0.15) is 10.5 Å². The van der Waals surface area contributed by atoms with Gasteiger partial charge in [0.2, 0.25) is 5.91 Å². The number of carbonyl (C=O) groups excluding carboxylic acids is 2. The number of benzene rings is 1. The Bertz CT molecular complexity index is 701. The summed E-state index contributed by atoms with van der Waals surface area (Å²) in [5.74, 6) is 0.883. The van der Waals surface area contributed by atoms with Crippen LogP contribution in [0, 0.1) is 0 Å². The summed E-state index contributed by atoms with van der Waals surface area (Å²) in [6, 6.07) is 11.4. The molecule has 3 rings (SSSR count). The first-order valence-corrected chi connectivity index (χ1v) is 7.98. The van der Waals surface area contributed by atoms with Gasteiger partial charge in [0, 0.05) is 38.1 Å². The quantitative estimate of drug-likeness (QED) is 0.784. The van der Waals surface area contributed by atoms with E-state index in [2.05, 4.69) is 4.90 Å². The summed E-state index contributed by atoms with van der Waals surface area (Å²) in [4.78, 5) is 27.5. The third-order valence-corrected chi connectivity index (χ3v) is 4.36. The SMILES string of the molecule is COc1ccc(N2CCN(C(=O)Cn3cccc3C=O)CC2)cc1. The summed E-state index contributed by atoms with van der Waals surface area (Å²) in [5, 5.41) is 0. The van der Waals surface area contributed by atoms with E-state index in [0.717, 1.165) is 30.8 Å². The molecular weight excluding hydrogens is 306 g/mol.